The van der Waals surface area contributed by atoms with Gasteiger partial charge in [-0.3, -0.25) is 4.79 Å². The van der Waals surface area contributed by atoms with Gasteiger partial charge in [-0.2, -0.15) is 0 Å². The Labute approximate surface area is 172 Å². The number of fused-ring (bicyclic) bond motifs is 1. The molecule has 4 heteroatoms. The number of methoxy groups -OCH3 is 1. The number of anilines is 1. The summed E-state index contributed by atoms with van der Waals surface area (Å²) in [6.07, 6.45) is 7.94. The molecule has 0 unspecified atom stereocenters. The van der Waals surface area contributed by atoms with Gasteiger partial charge in [0.25, 0.3) is 0 Å². The summed E-state index contributed by atoms with van der Waals surface area (Å²) >= 11 is 0. The summed E-state index contributed by atoms with van der Waals surface area (Å²) in [6.45, 7) is 1.99. The number of hydrogen-bond donors (Lipinski definition) is 1. The van der Waals surface area contributed by atoms with Crippen LogP contribution in [0.3, 0.4) is 0 Å². The fourth-order valence-electron chi connectivity index (χ4n) is 5.13. The van der Waals surface area contributed by atoms with Crippen molar-refractivity contribution in [3.8, 4) is 5.75 Å². The number of ketones is 1. The molecule has 0 saturated heterocycles. The van der Waals surface area contributed by atoms with E-state index >= 15 is 0 Å². The van der Waals surface area contributed by atoms with Gasteiger partial charge in [0.1, 0.15) is 11.6 Å². The molecule has 29 heavy (non-hydrogen) atoms. The number of halogens is 1. The first-order valence-corrected chi connectivity index (χ1v) is 10.8. The lowest BCUT2D eigenvalue weighted by Gasteiger charge is -2.38. The Morgan fingerprint density at radius 2 is 1.90 bits per heavy atom. The zero-order chi connectivity index (χ0) is 20.4. The molecule has 1 spiro atoms. The predicted octanol–water partition coefficient (Wildman–Crippen LogP) is 5.96. The molecule has 2 aliphatic rings. The van der Waals surface area contributed by atoms with Gasteiger partial charge in [0.2, 0.25) is 0 Å². The molecule has 2 aromatic carbocycles. The average Bonchev–Trinajstić information content (AvgIpc) is 3.07. The van der Waals surface area contributed by atoms with E-state index in [9.17, 15) is 9.18 Å². The first kappa shape index (κ1) is 19.9. The van der Waals surface area contributed by atoms with Crippen LogP contribution in [0.5, 0.6) is 5.75 Å². The van der Waals surface area contributed by atoms with Crippen LogP contribution in [-0.2, 0) is 12.8 Å². The van der Waals surface area contributed by atoms with Crippen LogP contribution in [-0.4, -0.2) is 18.9 Å². The van der Waals surface area contributed by atoms with Crippen molar-refractivity contribution >= 4 is 11.5 Å². The first-order valence-electron chi connectivity index (χ1n) is 10.8. The molecule has 2 aromatic rings. The minimum Gasteiger partial charge on any atom is -0.497 e. The Balaban J connectivity index is 1.42. The first-order chi connectivity index (χ1) is 14.0. The Kier molecular flexibility index (Phi) is 5.62. The Hall–Kier alpha value is -2.36. The molecule has 1 saturated carbocycles. The molecule has 0 atom stereocenters. The molecule has 1 fully saturated rings. The minimum atomic E-state index is -0.298. The molecule has 0 radical (unpaired) electrons. The second-order valence-electron chi connectivity index (χ2n) is 8.77. The van der Waals surface area contributed by atoms with Crippen LogP contribution in [0.4, 0.5) is 10.1 Å². The molecular formula is C25H30FNO2. The van der Waals surface area contributed by atoms with E-state index in [1.807, 2.05) is 6.92 Å². The smallest absolute Gasteiger partial charge is 0.164 e. The van der Waals surface area contributed by atoms with E-state index in [0.717, 1.165) is 50.7 Å². The second-order valence-corrected chi connectivity index (χ2v) is 8.77. The van der Waals surface area contributed by atoms with Gasteiger partial charge in [0, 0.05) is 23.7 Å². The third-order valence-electron chi connectivity index (χ3n) is 6.71. The number of nitrogens with one attached hydrogen (secondary N) is 1. The molecule has 1 N–H and O–H groups in total. The lowest BCUT2D eigenvalue weighted by molar-refractivity contribution is 0.0982. The number of Topliss-reactive ketones (excluding diaryl/α,β-unsaturated/α-hetero) is 1. The molecule has 0 bridgehead atoms. The summed E-state index contributed by atoms with van der Waals surface area (Å²) in [5.41, 5.74) is 4.50. The maximum Gasteiger partial charge on any atom is 0.164 e. The van der Waals surface area contributed by atoms with Crippen molar-refractivity contribution in [3.05, 3.63) is 58.9 Å². The summed E-state index contributed by atoms with van der Waals surface area (Å²) in [7, 11) is 1.72. The molecule has 154 valence electrons. The van der Waals surface area contributed by atoms with Crippen molar-refractivity contribution < 1.29 is 13.9 Å². The summed E-state index contributed by atoms with van der Waals surface area (Å²) in [5.74, 6) is 0.724. The largest absolute Gasteiger partial charge is 0.497 e. The molecule has 0 heterocycles. The van der Waals surface area contributed by atoms with E-state index in [-0.39, 0.29) is 17.6 Å². The third-order valence-corrected chi connectivity index (χ3v) is 6.71. The normalized spacial score (nSPS) is 23.1. The second kappa shape index (κ2) is 8.17. The van der Waals surface area contributed by atoms with Crippen LogP contribution in [0.1, 0.15) is 66.9 Å². The maximum absolute atomic E-state index is 13.8. The number of carbonyl (C=O) groups is 1. The Morgan fingerprint density at radius 3 is 2.62 bits per heavy atom. The molecule has 3 nitrogen and oxygen atoms in total. The lowest BCUT2D eigenvalue weighted by atomic mass is 9.70. The SMILES string of the molecule is CCCC(=O)c1ccc(F)cc1NC1CCC2(CC1)Cc1ccc(OC)cc1C2. The number of ether oxygens (including phenoxy) is 1. The van der Waals surface area contributed by atoms with Crippen molar-refractivity contribution in [2.24, 2.45) is 5.41 Å². The van der Waals surface area contributed by atoms with E-state index in [0.29, 0.717) is 23.1 Å². The molecule has 2 aliphatic carbocycles. The summed E-state index contributed by atoms with van der Waals surface area (Å²) in [4.78, 5) is 12.4. The Morgan fingerprint density at radius 1 is 1.14 bits per heavy atom. The number of rotatable bonds is 6. The fraction of sp³-hybridized carbons (Fsp3) is 0.480. The van der Waals surface area contributed by atoms with Gasteiger partial charge in [0.05, 0.1) is 7.11 Å². The Bertz CT molecular complexity index is 900. The summed E-state index contributed by atoms with van der Waals surface area (Å²) in [6, 6.07) is 11.2. The quantitative estimate of drug-likeness (QED) is 0.614. The van der Waals surface area contributed by atoms with Crippen molar-refractivity contribution in [1.29, 1.82) is 0 Å². The van der Waals surface area contributed by atoms with Crippen LogP contribution >= 0.6 is 0 Å². The molecule has 0 aliphatic heterocycles. The van der Waals surface area contributed by atoms with Crippen LogP contribution < -0.4 is 10.1 Å². The van der Waals surface area contributed by atoms with E-state index in [4.69, 9.17) is 4.74 Å². The van der Waals surface area contributed by atoms with Crippen LogP contribution in [0.25, 0.3) is 0 Å². The van der Waals surface area contributed by atoms with Gasteiger partial charge in [-0.25, -0.2) is 4.39 Å². The van der Waals surface area contributed by atoms with E-state index in [2.05, 4.69) is 23.5 Å². The lowest BCUT2D eigenvalue weighted by Crippen LogP contribution is -2.34. The minimum absolute atomic E-state index is 0.0856. The number of benzene rings is 2. The molecule has 4 rings (SSSR count). The van der Waals surface area contributed by atoms with Gasteiger partial charge in [-0.1, -0.05) is 13.0 Å². The highest BCUT2D eigenvalue weighted by molar-refractivity contribution is 6.01. The number of carbonyl (C=O) groups excluding carboxylic acids is 1. The van der Waals surface area contributed by atoms with Gasteiger partial charge in [-0.05, 0) is 91.8 Å². The molecule has 0 amide bonds. The zero-order valence-electron chi connectivity index (χ0n) is 17.4. The fourth-order valence-corrected chi connectivity index (χ4v) is 5.13. The average molecular weight is 396 g/mol. The highest BCUT2D eigenvalue weighted by Crippen LogP contribution is 2.48. The van der Waals surface area contributed by atoms with Gasteiger partial charge < -0.3 is 10.1 Å². The van der Waals surface area contributed by atoms with E-state index < -0.39 is 0 Å². The van der Waals surface area contributed by atoms with Crippen molar-refractivity contribution in [3.63, 3.8) is 0 Å². The predicted molar refractivity (Wildman–Crippen MR) is 114 cm³/mol. The molecule has 0 aromatic heterocycles. The van der Waals surface area contributed by atoms with Gasteiger partial charge in [-0.15, -0.1) is 0 Å². The van der Waals surface area contributed by atoms with Crippen molar-refractivity contribution in [2.45, 2.75) is 64.3 Å². The highest BCUT2D eigenvalue weighted by atomic mass is 19.1. The molecular weight excluding hydrogens is 365 g/mol. The van der Waals surface area contributed by atoms with Gasteiger partial charge >= 0.3 is 0 Å². The van der Waals surface area contributed by atoms with Crippen LogP contribution in [0.15, 0.2) is 36.4 Å². The summed E-state index contributed by atoms with van der Waals surface area (Å²) in [5, 5.41) is 3.49. The number of hydrogen-bond acceptors (Lipinski definition) is 3. The van der Waals surface area contributed by atoms with Crippen molar-refractivity contribution in [1.82, 2.24) is 0 Å². The standard InChI is InChI=1S/C25H30FNO2/c1-3-4-24(28)22-8-6-19(26)14-23(22)27-20-9-11-25(12-10-20)15-17-5-7-21(29-2)13-18(17)16-25/h5-8,13-14,20,27H,3-4,9-12,15-16H2,1-2H3. The van der Waals surface area contributed by atoms with Crippen LogP contribution in [0, 0.1) is 11.2 Å². The van der Waals surface area contributed by atoms with Gasteiger partial charge in [0.15, 0.2) is 5.78 Å². The van der Waals surface area contributed by atoms with Crippen LogP contribution in [0.2, 0.25) is 0 Å². The van der Waals surface area contributed by atoms with E-state index in [1.165, 1.54) is 23.3 Å². The third kappa shape index (κ3) is 4.17. The monoisotopic (exact) mass is 395 g/mol. The van der Waals surface area contributed by atoms with E-state index in [1.54, 1.807) is 13.2 Å². The maximum atomic E-state index is 13.8. The van der Waals surface area contributed by atoms with Crippen molar-refractivity contribution in [2.75, 3.05) is 12.4 Å². The topological polar surface area (TPSA) is 38.3 Å². The highest BCUT2D eigenvalue weighted by Gasteiger charge is 2.40. The summed E-state index contributed by atoms with van der Waals surface area (Å²) < 4.78 is 19.2. The zero-order valence-corrected chi connectivity index (χ0v) is 17.4.